The van der Waals surface area contributed by atoms with Gasteiger partial charge >= 0.3 is 6.09 Å². The van der Waals surface area contributed by atoms with E-state index >= 15 is 0 Å². The first kappa shape index (κ1) is 23.3. The predicted molar refractivity (Wildman–Crippen MR) is 115 cm³/mol. The summed E-state index contributed by atoms with van der Waals surface area (Å²) >= 11 is 0. The molecule has 1 aliphatic rings. The van der Waals surface area contributed by atoms with Crippen molar-refractivity contribution < 1.29 is 23.4 Å². The monoisotopic (exact) mass is 442 g/mol. The van der Waals surface area contributed by atoms with E-state index in [-0.39, 0.29) is 36.3 Å². The van der Waals surface area contributed by atoms with Gasteiger partial charge in [0.05, 0.1) is 6.57 Å². The van der Waals surface area contributed by atoms with Crippen LogP contribution in [0.2, 0.25) is 0 Å². The zero-order valence-corrected chi connectivity index (χ0v) is 18.7. The molecule has 0 saturated carbocycles. The molecule has 1 saturated heterocycles. The number of amides is 1. The fraction of sp³-hybridized carbons (Fsp3) is 0.478. The molecule has 0 unspecified atom stereocenters. The van der Waals surface area contributed by atoms with Crippen molar-refractivity contribution in [3.63, 3.8) is 0 Å². The highest BCUT2D eigenvalue weighted by Gasteiger charge is 2.32. The van der Waals surface area contributed by atoms with Crippen LogP contribution in [-0.4, -0.2) is 45.3 Å². The first-order valence-electron chi connectivity index (χ1n) is 10.4. The minimum atomic E-state index is -0.535. The van der Waals surface area contributed by atoms with Crippen LogP contribution in [0.3, 0.4) is 0 Å². The molecule has 3 rings (SSSR count). The fourth-order valence-corrected chi connectivity index (χ4v) is 3.36. The predicted octanol–water partition coefficient (Wildman–Crippen LogP) is 4.91. The third-order valence-electron chi connectivity index (χ3n) is 4.82. The van der Waals surface area contributed by atoms with Crippen molar-refractivity contribution in [3.8, 4) is 11.6 Å². The van der Waals surface area contributed by atoms with Gasteiger partial charge in [-0.25, -0.2) is 19.0 Å². The highest BCUT2D eigenvalue weighted by atomic mass is 19.1. The number of rotatable bonds is 5. The Hall–Kier alpha value is -3.41. The van der Waals surface area contributed by atoms with E-state index in [9.17, 15) is 9.18 Å². The summed E-state index contributed by atoms with van der Waals surface area (Å²) in [5.74, 6) is 0.551. The number of hydrogen-bond acceptors (Lipinski definition) is 6. The molecule has 1 fully saturated rings. The summed E-state index contributed by atoms with van der Waals surface area (Å²) in [4.78, 5) is 25.9. The zero-order chi connectivity index (χ0) is 23.3. The third-order valence-corrected chi connectivity index (χ3v) is 4.82. The molecule has 0 aliphatic carbocycles. The molecule has 8 nitrogen and oxygen atoms in total. The van der Waals surface area contributed by atoms with E-state index in [0.717, 1.165) is 6.07 Å². The van der Waals surface area contributed by atoms with Crippen LogP contribution >= 0.6 is 0 Å². The molecule has 2 aromatic rings. The van der Waals surface area contributed by atoms with Crippen molar-refractivity contribution in [2.24, 2.45) is 0 Å². The van der Waals surface area contributed by atoms with Gasteiger partial charge in [0.1, 0.15) is 29.9 Å². The lowest BCUT2D eigenvalue weighted by Gasteiger charge is -2.38. The number of aromatic nitrogens is 2. The number of benzene rings is 1. The number of likely N-dealkylation sites (tertiary alicyclic amines) is 1. The molecular formula is C23H27FN4O4. The van der Waals surface area contributed by atoms with E-state index in [0.29, 0.717) is 31.1 Å². The van der Waals surface area contributed by atoms with E-state index in [4.69, 9.17) is 20.8 Å². The summed E-state index contributed by atoms with van der Waals surface area (Å²) in [6.07, 6.45) is 2.46. The highest BCUT2D eigenvalue weighted by Crippen LogP contribution is 2.29. The molecule has 2 atom stereocenters. The summed E-state index contributed by atoms with van der Waals surface area (Å²) in [6.45, 7) is 15.2. The van der Waals surface area contributed by atoms with Crippen LogP contribution in [0.15, 0.2) is 30.5 Å². The quantitative estimate of drug-likeness (QED) is 0.612. The molecular weight excluding hydrogens is 415 g/mol. The number of ether oxygens (including phenoxy) is 3. The topological polar surface area (TPSA) is 78.1 Å². The van der Waals surface area contributed by atoms with Crippen molar-refractivity contribution in [2.45, 2.75) is 64.9 Å². The van der Waals surface area contributed by atoms with Gasteiger partial charge in [-0.3, -0.25) is 0 Å². The average Bonchev–Trinajstić information content (AvgIpc) is 2.71. The number of carbonyl (C=O) groups excluding carboxylic acids is 1. The van der Waals surface area contributed by atoms with E-state index in [2.05, 4.69) is 14.8 Å². The van der Waals surface area contributed by atoms with Crippen LogP contribution in [0.4, 0.5) is 14.9 Å². The largest absolute Gasteiger partial charge is 0.497 e. The average molecular weight is 442 g/mol. The Morgan fingerprint density at radius 2 is 2.12 bits per heavy atom. The van der Waals surface area contributed by atoms with Crippen molar-refractivity contribution in [3.05, 3.63) is 53.5 Å². The standard InChI is InChI=1S/C23H27FN4O4/c1-15-12-17(9-11-28(15)22(29)32-23(2,3)4)31-21-8-10-26-20(27-21)14-30-19-7-6-16(24)13-18(19)25-5/h6-8,10,13,15,17H,9,11-12,14H2,1-4H3/t15-,17-/m0/s1. The molecule has 0 N–H and O–H groups in total. The van der Waals surface area contributed by atoms with Gasteiger partial charge in [0.2, 0.25) is 11.6 Å². The zero-order valence-electron chi connectivity index (χ0n) is 18.7. The summed E-state index contributed by atoms with van der Waals surface area (Å²) in [5.41, 5.74) is -0.448. The first-order valence-corrected chi connectivity index (χ1v) is 10.4. The van der Waals surface area contributed by atoms with Crippen molar-refractivity contribution in [2.75, 3.05) is 6.54 Å². The number of nitrogens with zero attached hydrogens (tertiary/aromatic N) is 4. The van der Waals surface area contributed by atoms with Gasteiger partial charge in [0, 0.05) is 37.7 Å². The van der Waals surface area contributed by atoms with Crippen LogP contribution in [0, 0.1) is 12.4 Å². The molecule has 1 aliphatic heterocycles. The maximum Gasteiger partial charge on any atom is 0.410 e. The molecule has 0 radical (unpaired) electrons. The Bertz CT molecular complexity index is 1000. The second-order valence-corrected chi connectivity index (χ2v) is 8.61. The Morgan fingerprint density at radius 3 is 2.81 bits per heavy atom. The summed E-state index contributed by atoms with van der Waals surface area (Å²) < 4.78 is 30.4. The molecule has 32 heavy (non-hydrogen) atoms. The lowest BCUT2D eigenvalue weighted by molar-refractivity contribution is -0.00156. The molecule has 170 valence electrons. The second-order valence-electron chi connectivity index (χ2n) is 8.61. The minimum absolute atomic E-state index is 0.0127. The van der Waals surface area contributed by atoms with Crippen LogP contribution < -0.4 is 9.47 Å². The summed E-state index contributed by atoms with van der Waals surface area (Å²) in [6, 6.07) is 5.39. The van der Waals surface area contributed by atoms with Gasteiger partial charge in [-0.05, 0) is 45.9 Å². The fourth-order valence-electron chi connectivity index (χ4n) is 3.36. The van der Waals surface area contributed by atoms with Gasteiger partial charge in [-0.1, -0.05) is 0 Å². The van der Waals surface area contributed by atoms with Gasteiger partial charge in [-0.2, -0.15) is 4.98 Å². The lowest BCUT2D eigenvalue weighted by Crippen LogP contribution is -2.49. The van der Waals surface area contributed by atoms with Gasteiger partial charge < -0.3 is 19.1 Å². The van der Waals surface area contributed by atoms with Gasteiger partial charge in [0.25, 0.3) is 0 Å². The second kappa shape index (κ2) is 9.81. The SMILES string of the molecule is [C-]#[N+]c1cc(F)ccc1OCc1nccc(O[C@H]2CCN(C(=O)OC(C)(C)C)[C@@H](C)C2)n1. The number of carbonyl (C=O) groups is 1. The summed E-state index contributed by atoms with van der Waals surface area (Å²) in [5, 5.41) is 0. The first-order chi connectivity index (χ1) is 15.1. The molecule has 1 aromatic heterocycles. The van der Waals surface area contributed by atoms with E-state index in [1.807, 2.05) is 27.7 Å². The normalized spacial score (nSPS) is 18.6. The number of halogens is 1. The maximum atomic E-state index is 13.3. The smallest absolute Gasteiger partial charge is 0.410 e. The maximum absolute atomic E-state index is 13.3. The van der Waals surface area contributed by atoms with E-state index in [1.54, 1.807) is 17.2 Å². The van der Waals surface area contributed by atoms with Crippen LogP contribution in [0.5, 0.6) is 11.6 Å². The molecule has 1 aromatic carbocycles. The molecule has 0 bridgehead atoms. The summed E-state index contributed by atoms with van der Waals surface area (Å²) in [7, 11) is 0. The third kappa shape index (κ3) is 6.30. The Morgan fingerprint density at radius 1 is 1.34 bits per heavy atom. The Balaban J connectivity index is 1.56. The van der Waals surface area contributed by atoms with Crippen LogP contribution in [0.25, 0.3) is 4.85 Å². The van der Waals surface area contributed by atoms with Crippen LogP contribution in [-0.2, 0) is 11.3 Å². The Kier molecular flexibility index (Phi) is 7.13. The highest BCUT2D eigenvalue weighted by molar-refractivity contribution is 5.68. The Labute approximate surface area is 187 Å². The van der Waals surface area contributed by atoms with Crippen molar-refractivity contribution in [1.29, 1.82) is 0 Å². The molecule has 9 heteroatoms. The molecule has 1 amide bonds. The van der Waals surface area contributed by atoms with Gasteiger partial charge in [0.15, 0.2) is 5.82 Å². The van der Waals surface area contributed by atoms with E-state index < -0.39 is 11.4 Å². The van der Waals surface area contributed by atoms with Crippen LogP contribution in [0.1, 0.15) is 46.4 Å². The minimum Gasteiger partial charge on any atom is -0.497 e. The van der Waals surface area contributed by atoms with Crippen molar-refractivity contribution >= 4 is 11.8 Å². The number of hydrogen-bond donors (Lipinski definition) is 0. The van der Waals surface area contributed by atoms with E-state index in [1.165, 1.54) is 12.1 Å². The lowest BCUT2D eigenvalue weighted by atomic mass is 10.0. The van der Waals surface area contributed by atoms with Gasteiger partial charge in [-0.15, -0.1) is 0 Å². The molecule has 2 heterocycles. The molecule has 0 spiro atoms. The van der Waals surface area contributed by atoms with Crippen molar-refractivity contribution in [1.82, 2.24) is 14.9 Å². The number of piperidine rings is 1.